The van der Waals surface area contributed by atoms with Crippen molar-refractivity contribution in [3.8, 4) is 0 Å². The minimum Gasteiger partial charge on any atom is -0.345 e. The highest BCUT2D eigenvalue weighted by molar-refractivity contribution is 6.30. The maximum absolute atomic E-state index is 12.3. The van der Waals surface area contributed by atoms with Gasteiger partial charge in [-0.3, -0.25) is 9.78 Å². The van der Waals surface area contributed by atoms with Gasteiger partial charge in [0.1, 0.15) is 0 Å². The van der Waals surface area contributed by atoms with Gasteiger partial charge in [-0.15, -0.1) is 0 Å². The molecule has 3 N–H and O–H groups in total. The van der Waals surface area contributed by atoms with E-state index in [-0.39, 0.29) is 18.0 Å². The van der Waals surface area contributed by atoms with Gasteiger partial charge in [0, 0.05) is 29.1 Å². The number of urea groups is 1. The number of aryl methyl sites for hydroxylation is 1. The molecule has 1 atom stereocenters. The van der Waals surface area contributed by atoms with Crippen molar-refractivity contribution in [3.05, 3.63) is 94.3 Å². The molecule has 154 valence electrons. The van der Waals surface area contributed by atoms with E-state index in [1.54, 1.807) is 42.6 Å². The fraction of sp³-hybridized carbons (Fsp3) is 0.174. The lowest BCUT2D eigenvalue weighted by Gasteiger charge is -2.15. The first-order chi connectivity index (χ1) is 14.4. The second-order valence-electron chi connectivity index (χ2n) is 6.94. The summed E-state index contributed by atoms with van der Waals surface area (Å²) in [5, 5.41) is 9.19. The van der Waals surface area contributed by atoms with Crippen LogP contribution in [0.1, 0.15) is 40.1 Å². The van der Waals surface area contributed by atoms with E-state index in [1.165, 1.54) is 0 Å². The zero-order valence-corrected chi connectivity index (χ0v) is 17.5. The molecule has 3 rings (SSSR count). The molecular weight excluding hydrogens is 400 g/mol. The number of amides is 3. The van der Waals surface area contributed by atoms with Crippen LogP contribution in [0.25, 0.3) is 0 Å². The molecule has 0 unspecified atom stereocenters. The van der Waals surface area contributed by atoms with Gasteiger partial charge in [-0.05, 0) is 61.4 Å². The monoisotopic (exact) mass is 422 g/mol. The second-order valence-corrected chi connectivity index (χ2v) is 7.38. The molecule has 1 heterocycles. The maximum Gasteiger partial charge on any atom is 0.319 e. The number of nitrogens with zero attached hydrogens (tertiary/aromatic N) is 1. The molecule has 0 spiro atoms. The van der Waals surface area contributed by atoms with E-state index in [2.05, 4.69) is 20.9 Å². The van der Waals surface area contributed by atoms with E-state index in [0.717, 1.165) is 16.8 Å². The van der Waals surface area contributed by atoms with E-state index in [9.17, 15) is 9.59 Å². The number of nitrogens with one attached hydrogen (secondary N) is 3. The molecule has 0 saturated heterocycles. The summed E-state index contributed by atoms with van der Waals surface area (Å²) in [6, 6.07) is 17.7. The number of carbonyl (C=O) groups excluding carboxylic acids is 2. The zero-order chi connectivity index (χ0) is 21.5. The van der Waals surface area contributed by atoms with Gasteiger partial charge in [0.15, 0.2) is 0 Å². The van der Waals surface area contributed by atoms with Gasteiger partial charge in [0.05, 0.1) is 11.6 Å². The summed E-state index contributed by atoms with van der Waals surface area (Å²) < 4.78 is 0. The topological polar surface area (TPSA) is 83.1 Å². The number of halogens is 1. The van der Waals surface area contributed by atoms with Gasteiger partial charge >= 0.3 is 6.03 Å². The molecule has 0 bridgehead atoms. The summed E-state index contributed by atoms with van der Waals surface area (Å²) >= 11 is 5.86. The predicted octanol–water partition coefficient (Wildman–Crippen LogP) is 4.86. The van der Waals surface area contributed by atoms with Gasteiger partial charge in [-0.2, -0.15) is 0 Å². The van der Waals surface area contributed by atoms with E-state index in [0.29, 0.717) is 22.8 Å². The summed E-state index contributed by atoms with van der Waals surface area (Å²) in [5.74, 6) is -0.182. The van der Waals surface area contributed by atoms with Crippen LogP contribution < -0.4 is 16.0 Å². The summed E-state index contributed by atoms with van der Waals surface area (Å²) in [6.07, 6.45) is 1.56. The van der Waals surface area contributed by atoms with Gasteiger partial charge < -0.3 is 16.0 Å². The Morgan fingerprint density at radius 1 is 1.00 bits per heavy atom. The first kappa shape index (κ1) is 21.3. The van der Waals surface area contributed by atoms with Crippen LogP contribution in [0.15, 0.2) is 66.9 Å². The number of aromatic nitrogens is 1. The molecule has 2 aromatic carbocycles. The third kappa shape index (κ3) is 6.06. The summed E-state index contributed by atoms with van der Waals surface area (Å²) in [4.78, 5) is 28.6. The lowest BCUT2D eigenvalue weighted by atomic mass is 10.1. The van der Waals surface area contributed by atoms with E-state index in [1.807, 2.05) is 38.1 Å². The van der Waals surface area contributed by atoms with Crippen molar-refractivity contribution in [3.63, 3.8) is 0 Å². The lowest BCUT2D eigenvalue weighted by molar-refractivity contribution is 0.0939. The van der Waals surface area contributed by atoms with Crippen LogP contribution in [-0.2, 0) is 6.54 Å². The number of benzene rings is 2. The molecule has 0 aliphatic rings. The van der Waals surface area contributed by atoms with Crippen molar-refractivity contribution in [2.75, 3.05) is 5.32 Å². The first-order valence-corrected chi connectivity index (χ1v) is 9.91. The average Bonchev–Trinajstić information content (AvgIpc) is 2.74. The summed E-state index contributed by atoms with van der Waals surface area (Å²) in [6.45, 7) is 4.18. The molecule has 0 saturated carbocycles. The van der Waals surface area contributed by atoms with Gasteiger partial charge in [-0.25, -0.2) is 4.79 Å². The smallest absolute Gasteiger partial charge is 0.319 e. The van der Waals surface area contributed by atoms with Crippen molar-refractivity contribution < 1.29 is 9.59 Å². The van der Waals surface area contributed by atoms with Crippen LogP contribution in [0.3, 0.4) is 0 Å². The highest BCUT2D eigenvalue weighted by atomic mass is 35.5. The molecule has 0 fully saturated rings. The van der Waals surface area contributed by atoms with E-state index in [4.69, 9.17) is 11.6 Å². The Hall–Kier alpha value is -3.38. The molecule has 0 aliphatic heterocycles. The van der Waals surface area contributed by atoms with Crippen LogP contribution in [0.4, 0.5) is 10.5 Å². The predicted molar refractivity (Wildman–Crippen MR) is 119 cm³/mol. The maximum atomic E-state index is 12.3. The molecular formula is C23H23ClN4O2. The first-order valence-electron chi connectivity index (χ1n) is 9.53. The fourth-order valence-corrected chi connectivity index (χ4v) is 2.91. The largest absolute Gasteiger partial charge is 0.345 e. The Labute approximate surface area is 180 Å². The molecule has 7 heteroatoms. The quantitative estimate of drug-likeness (QED) is 0.530. The van der Waals surface area contributed by atoms with Crippen molar-refractivity contribution in [2.24, 2.45) is 0 Å². The second kappa shape index (κ2) is 9.89. The number of hydrogen-bond donors (Lipinski definition) is 3. The average molecular weight is 423 g/mol. The zero-order valence-electron chi connectivity index (χ0n) is 16.8. The Balaban J connectivity index is 1.50. The van der Waals surface area contributed by atoms with Crippen LogP contribution in [0.2, 0.25) is 5.02 Å². The van der Waals surface area contributed by atoms with Crippen LogP contribution in [0.5, 0.6) is 0 Å². The summed E-state index contributed by atoms with van der Waals surface area (Å²) in [5.41, 5.74) is 3.92. The molecule has 0 aliphatic carbocycles. The normalized spacial score (nSPS) is 11.4. The number of anilines is 1. The van der Waals surface area contributed by atoms with Gasteiger partial charge in [0.25, 0.3) is 5.91 Å². The molecule has 3 aromatic rings. The third-order valence-electron chi connectivity index (χ3n) is 4.56. The van der Waals surface area contributed by atoms with Gasteiger partial charge in [0.2, 0.25) is 0 Å². The highest BCUT2D eigenvalue weighted by Gasteiger charge is 2.12. The molecule has 6 nitrogen and oxygen atoms in total. The number of carbonyl (C=O) groups is 2. The Kier molecular flexibility index (Phi) is 7.03. The van der Waals surface area contributed by atoms with Gasteiger partial charge in [-0.1, -0.05) is 35.9 Å². The highest BCUT2D eigenvalue weighted by Crippen LogP contribution is 2.17. The van der Waals surface area contributed by atoms with Crippen molar-refractivity contribution in [2.45, 2.75) is 26.4 Å². The standard InChI is InChI=1S/C23H23ClN4O2/c1-15-3-6-19(14-25-15)22(29)27-16(2)18-7-11-21(12-8-18)28-23(30)26-13-17-4-9-20(24)10-5-17/h3-12,14,16H,13H2,1-2H3,(H,27,29)(H2,26,28,30)/t16-/m0/s1. The minimum atomic E-state index is -0.300. The van der Waals surface area contributed by atoms with Crippen LogP contribution >= 0.6 is 11.6 Å². The van der Waals surface area contributed by atoms with Crippen LogP contribution in [0, 0.1) is 6.92 Å². The lowest BCUT2D eigenvalue weighted by Crippen LogP contribution is -2.28. The Morgan fingerprint density at radius 3 is 2.33 bits per heavy atom. The molecule has 3 amide bonds. The van der Waals surface area contributed by atoms with Crippen molar-refractivity contribution in [1.82, 2.24) is 15.6 Å². The molecule has 0 radical (unpaired) electrons. The van der Waals surface area contributed by atoms with E-state index >= 15 is 0 Å². The van der Waals surface area contributed by atoms with Crippen molar-refractivity contribution in [1.29, 1.82) is 0 Å². The third-order valence-corrected chi connectivity index (χ3v) is 4.81. The number of rotatable bonds is 6. The Bertz CT molecular complexity index is 1000. The Morgan fingerprint density at radius 2 is 1.70 bits per heavy atom. The molecule has 1 aromatic heterocycles. The van der Waals surface area contributed by atoms with E-state index < -0.39 is 0 Å². The SMILES string of the molecule is Cc1ccc(C(=O)N[C@@H](C)c2ccc(NC(=O)NCc3ccc(Cl)cc3)cc2)cn1. The number of hydrogen-bond acceptors (Lipinski definition) is 3. The minimum absolute atomic E-state index is 0.182. The number of pyridine rings is 1. The summed E-state index contributed by atoms with van der Waals surface area (Å²) in [7, 11) is 0. The van der Waals surface area contributed by atoms with Crippen LogP contribution in [-0.4, -0.2) is 16.9 Å². The fourth-order valence-electron chi connectivity index (χ4n) is 2.78. The van der Waals surface area contributed by atoms with Crippen molar-refractivity contribution >= 4 is 29.2 Å². The molecule has 30 heavy (non-hydrogen) atoms.